The number of hydrogen-bond donors (Lipinski definition) is 1. The van der Waals surface area contributed by atoms with Crippen molar-refractivity contribution in [3.63, 3.8) is 0 Å². The van der Waals surface area contributed by atoms with Crippen LogP contribution >= 0.6 is 0 Å². The highest BCUT2D eigenvalue weighted by Gasteiger charge is 2.26. The van der Waals surface area contributed by atoms with Gasteiger partial charge < -0.3 is 14.5 Å². The van der Waals surface area contributed by atoms with Crippen LogP contribution < -0.4 is 0 Å². The van der Waals surface area contributed by atoms with Gasteiger partial charge in [0.05, 0.1) is 6.61 Å². The SMILES string of the molecule is CC(C)N1CCC(c2nc(-c3ccc(CO)cc3)no2)CC1. The van der Waals surface area contributed by atoms with Gasteiger partial charge in [0.1, 0.15) is 0 Å². The zero-order valence-corrected chi connectivity index (χ0v) is 13.2. The first-order valence-electron chi connectivity index (χ1n) is 7.95. The van der Waals surface area contributed by atoms with E-state index in [0.29, 0.717) is 17.8 Å². The van der Waals surface area contributed by atoms with Gasteiger partial charge in [-0.1, -0.05) is 29.4 Å². The van der Waals surface area contributed by atoms with Crippen LogP contribution in [-0.4, -0.2) is 39.3 Å². The number of aromatic nitrogens is 2. The number of aliphatic hydroxyl groups excluding tert-OH is 1. The topological polar surface area (TPSA) is 62.4 Å². The molecule has 22 heavy (non-hydrogen) atoms. The predicted molar refractivity (Wildman–Crippen MR) is 84.3 cm³/mol. The van der Waals surface area contributed by atoms with E-state index in [0.717, 1.165) is 42.9 Å². The zero-order valence-electron chi connectivity index (χ0n) is 13.2. The maximum atomic E-state index is 9.08. The van der Waals surface area contributed by atoms with Crippen LogP contribution in [0.15, 0.2) is 28.8 Å². The Kier molecular flexibility index (Phi) is 4.55. The molecule has 1 aliphatic heterocycles. The van der Waals surface area contributed by atoms with Crippen molar-refractivity contribution in [2.45, 2.75) is 45.3 Å². The quantitative estimate of drug-likeness (QED) is 0.941. The molecule has 2 aromatic rings. The maximum absolute atomic E-state index is 9.08. The summed E-state index contributed by atoms with van der Waals surface area (Å²) in [5.74, 6) is 1.75. The van der Waals surface area contributed by atoms with Gasteiger partial charge in [-0.05, 0) is 45.3 Å². The lowest BCUT2D eigenvalue weighted by Gasteiger charge is -2.33. The lowest BCUT2D eigenvalue weighted by Crippen LogP contribution is -2.37. The molecule has 5 nitrogen and oxygen atoms in total. The molecule has 0 amide bonds. The molecule has 5 heteroatoms. The van der Waals surface area contributed by atoms with Gasteiger partial charge >= 0.3 is 0 Å². The van der Waals surface area contributed by atoms with Gasteiger partial charge in [-0.2, -0.15) is 4.98 Å². The molecule has 0 bridgehead atoms. The van der Waals surface area contributed by atoms with Gasteiger partial charge in [0.25, 0.3) is 0 Å². The second kappa shape index (κ2) is 6.58. The van der Waals surface area contributed by atoms with E-state index in [4.69, 9.17) is 9.63 Å². The zero-order chi connectivity index (χ0) is 15.5. The van der Waals surface area contributed by atoms with Gasteiger partial charge in [-0.3, -0.25) is 0 Å². The van der Waals surface area contributed by atoms with Gasteiger partial charge in [0, 0.05) is 17.5 Å². The molecule has 1 saturated heterocycles. The summed E-state index contributed by atoms with van der Waals surface area (Å²) < 4.78 is 5.48. The number of rotatable bonds is 4. The molecular formula is C17H23N3O2. The van der Waals surface area contributed by atoms with Crippen LogP contribution in [0, 0.1) is 0 Å². The fourth-order valence-electron chi connectivity index (χ4n) is 2.94. The van der Waals surface area contributed by atoms with Crippen molar-refractivity contribution in [1.29, 1.82) is 0 Å². The average Bonchev–Trinajstić information content (AvgIpc) is 3.05. The van der Waals surface area contributed by atoms with E-state index in [1.165, 1.54) is 0 Å². The molecule has 1 aliphatic rings. The lowest BCUT2D eigenvalue weighted by molar-refractivity contribution is 0.160. The number of nitrogens with zero attached hydrogens (tertiary/aromatic N) is 3. The third-order valence-electron chi connectivity index (χ3n) is 4.45. The van der Waals surface area contributed by atoms with Crippen LogP contribution in [0.25, 0.3) is 11.4 Å². The molecule has 0 saturated carbocycles. The minimum absolute atomic E-state index is 0.0478. The fraction of sp³-hybridized carbons (Fsp3) is 0.529. The number of hydrogen-bond acceptors (Lipinski definition) is 5. The fourth-order valence-corrected chi connectivity index (χ4v) is 2.94. The molecule has 2 heterocycles. The standard InChI is InChI=1S/C17H23N3O2/c1-12(2)20-9-7-15(8-10-20)17-18-16(19-22-17)14-5-3-13(11-21)4-6-14/h3-6,12,15,21H,7-11H2,1-2H3. The molecule has 0 spiro atoms. The van der Waals surface area contributed by atoms with Gasteiger partial charge in [0.15, 0.2) is 0 Å². The molecular weight excluding hydrogens is 278 g/mol. The van der Waals surface area contributed by atoms with Gasteiger partial charge in [-0.25, -0.2) is 0 Å². The Bertz CT molecular complexity index is 599. The van der Waals surface area contributed by atoms with E-state index in [2.05, 4.69) is 28.9 Å². The van der Waals surface area contributed by atoms with Crippen molar-refractivity contribution in [2.75, 3.05) is 13.1 Å². The van der Waals surface area contributed by atoms with Crippen molar-refractivity contribution in [2.24, 2.45) is 0 Å². The summed E-state index contributed by atoms with van der Waals surface area (Å²) in [5, 5.41) is 13.2. The summed E-state index contributed by atoms with van der Waals surface area (Å²) >= 11 is 0. The van der Waals surface area contributed by atoms with Crippen molar-refractivity contribution in [1.82, 2.24) is 15.0 Å². The lowest BCUT2D eigenvalue weighted by atomic mass is 9.96. The smallest absolute Gasteiger partial charge is 0.230 e. The highest BCUT2D eigenvalue weighted by Crippen LogP contribution is 2.29. The van der Waals surface area contributed by atoms with Crippen LogP contribution in [0.2, 0.25) is 0 Å². The maximum Gasteiger partial charge on any atom is 0.230 e. The summed E-state index contributed by atoms with van der Waals surface area (Å²) in [6.45, 7) is 6.70. The Morgan fingerprint density at radius 3 is 2.50 bits per heavy atom. The van der Waals surface area contributed by atoms with Crippen molar-refractivity contribution >= 4 is 0 Å². The molecule has 0 radical (unpaired) electrons. The molecule has 118 valence electrons. The van der Waals surface area contributed by atoms with Crippen LogP contribution in [0.3, 0.4) is 0 Å². The van der Waals surface area contributed by atoms with Crippen LogP contribution in [0.4, 0.5) is 0 Å². The third-order valence-corrected chi connectivity index (χ3v) is 4.45. The molecule has 0 atom stereocenters. The minimum Gasteiger partial charge on any atom is -0.392 e. The van der Waals surface area contributed by atoms with E-state index in [9.17, 15) is 0 Å². The van der Waals surface area contributed by atoms with E-state index in [1.807, 2.05) is 24.3 Å². The highest BCUT2D eigenvalue weighted by molar-refractivity contribution is 5.54. The minimum atomic E-state index is 0.0478. The molecule has 1 aromatic carbocycles. The van der Waals surface area contributed by atoms with Crippen LogP contribution in [-0.2, 0) is 6.61 Å². The molecule has 1 N–H and O–H groups in total. The Morgan fingerprint density at radius 1 is 1.23 bits per heavy atom. The second-order valence-electron chi connectivity index (χ2n) is 6.22. The van der Waals surface area contributed by atoms with Crippen molar-refractivity contribution in [3.8, 4) is 11.4 Å². The number of piperidine rings is 1. The first kappa shape index (κ1) is 15.2. The summed E-state index contributed by atoms with van der Waals surface area (Å²) in [6, 6.07) is 8.20. The first-order valence-corrected chi connectivity index (χ1v) is 7.95. The monoisotopic (exact) mass is 301 g/mol. The summed E-state index contributed by atoms with van der Waals surface area (Å²) in [5.41, 5.74) is 1.81. The second-order valence-corrected chi connectivity index (χ2v) is 6.22. The average molecular weight is 301 g/mol. The van der Waals surface area contributed by atoms with Crippen molar-refractivity contribution in [3.05, 3.63) is 35.7 Å². The Balaban J connectivity index is 1.68. The Labute approximate surface area is 131 Å². The van der Waals surface area contributed by atoms with Crippen LogP contribution in [0.5, 0.6) is 0 Å². The van der Waals surface area contributed by atoms with E-state index in [-0.39, 0.29) is 6.61 Å². The molecule has 0 aliphatic carbocycles. The Hall–Kier alpha value is -1.72. The first-order chi connectivity index (χ1) is 10.7. The van der Waals surface area contributed by atoms with Gasteiger partial charge in [0.2, 0.25) is 11.7 Å². The Morgan fingerprint density at radius 2 is 1.91 bits per heavy atom. The van der Waals surface area contributed by atoms with E-state index >= 15 is 0 Å². The third kappa shape index (κ3) is 3.20. The van der Waals surface area contributed by atoms with Gasteiger partial charge in [-0.15, -0.1) is 0 Å². The summed E-state index contributed by atoms with van der Waals surface area (Å²) in [4.78, 5) is 7.06. The molecule has 0 unspecified atom stereocenters. The highest BCUT2D eigenvalue weighted by atomic mass is 16.5. The number of aliphatic hydroxyl groups is 1. The van der Waals surface area contributed by atoms with Crippen LogP contribution in [0.1, 0.15) is 44.1 Å². The van der Waals surface area contributed by atoms with E-state index in [1.54, 1.807) is 0 Å². The summed E-state index contributed by atoms with van der Waals surface area (Å²) in [6.07, 6.45) is 2.15. The largest absolute Gasteiger partial charge is 0.392 e. The molecule has 3 rings (SSSR count). The number of likely N-dealkylation sites (tertiary alicyclic amines) is 1. The number of benzene rings is 1. The molecule has 1 fully saturated rings. The van der Waals surface area contributed by atoms with Crippen molar-refractivity contribution < 1.29 is 9.63 Å². The molecule has 1 aromatic heterocycles. The van der Waals surface area contributed by atoms with E-state index < -0.39 is 0 Å². The predicted octanol–water partition coefficient (Wildman–Crippen LogP) is 2.82. The normalized spacial score (nSPS) is 17.3. The summed E-state index contributed by atoms with van der Waals surface area (Å²) in [7, 11) is 0.